The molecule has 0 aliphatic rings. The average Bonchev–Trinajstić information content (AvgIpc) is 2.41. The van der Waals surface area contributed by atoms with Crippen molar-refractivity contribution in [2.75, 3.05) is 34.4 Å². The van der Waals surface area contributed by atoms with Crippen LogP contribution in [-0.2, 0) is 22.9 Å². The third kappa shape index (κ3) is 6.96. The lowest BCUT2D eigenvalue weighted by Gasteiger charge is -2.24. The molecule has 0 heterocycles. The Morgan fingerprint density at radius 2 is 1.70 bits per heavy atom. The molecule has 0 fully saturated rings. The number of nitrogens with one attached hydrogen (secondary N) is 1. The van der Waals surface area contributed by atoms with Gasteiger partial charge in [0, 0.05) is 33.9 Å². The summed E-state index contributed by atoms with van der Waals surface area (Å²) in [6.07, 6.45) is 0.288. The van der Waals surface area contributed by atoms with Crippen LogP contribution in [0.15, 0.2) is 0 Å². The van der Waals surface area contributed by atoms with Gasteiger partial charge in [0.05, 0.1) is 12.3 Å². The summed E-state index contributed by atoms with van der Waals surface area (Å²) < 4.78 is 15.7. The number of hydrogen-bond acceptors (Lipinski definition) is 6. The van der Waals surface area contributed by atoms with E-state index in [0.29, 0.717) is 19.0 Å². The molecule has 0 rings (SSSR count). The van der Waals surface area contributed by atoms with Gasteiger partial charge in [-0.25, -0.2) is 0 Å². The molecule has 118 valence electrons. The molecule has 9 heteroatoms. The summed E-state index contributed by atoms with van der Waals surface area (Å²) in [7, 11) is 1.99. The van der Waals surface area contributed by atoms with E-state index >= 15 is 0 Å². The van der Waals surface area contributed by atoms with E-state index in [1.165, 1.54) is 21.3 Å². The zero-order valence-corrected chi connectivity index (χ0v) is 13.0. The second-order valence-electron chi connectivity index (χ2n) is 4.24. The summed E-state index contributed by atoms with van der Waals surface area (Å²) >= 11 is 0. The predicted octanol–water partition coefficient (Wildman–Crippen LogP) is 0.0197. The maximum absolute atomic E-state index is 10.8. The summed E-state index contributed by atoms with van der Waals surface area (Å²) in [4.78, 5) is 21.4. The number of rotatable bonds is 12. The Morgan fingerprint density at radius 1 is 1.15 bits per heavy atom. The standard InChI is InChI=1S/C11H23NO7Si/c1-17-20(18-2,19-3)6-4-5-12-8-9(11(15)16)7-10(13)14/h9,12H,4-8H2,1-3H3,(H,13,14)(H,15,16). The molecule has 0 spiro atoms. The number of carbonyl (C=O) groups is 2. The minimum absolute atomic E-state index is 0.114. The first kappa shape index (κ1) is 19.0. The third-order valence-corrected chi connectivity index (χ3v) is 5.76. The fourth-order valence-corrected chi connectivity index (χ4v) is 3.44. The highest BCUT2D eigenvalue weighted by Gasteiger charge is 2.36. The topological polar surface area (TPSA) is 114 Å². The van der Waals surface area contributed by atoms with Gasteiger partial charge in [0.25, 0.3) is 0 Å². The second-order valence-corrected chi connectivity index (χ2v) is 7.33. The van der Waals surface area contributed by atoms with Gasteiger partial charge < -0.3 is 28.8 Å². The van der Waals surface area contributed by atoms with E-state index in [1.54, 1.807) is 0 Å². The van der Waals surface area contributed by atoms with E-state index in [4.69, 9.17) is 23.5 Å². The lowest BCUT2D eigenvalue weighted by Crippen LogP contribution is -2.43. The fourth-order valence-electron chi connectivity index (χ4n) is 1.72. The molecule has 0 bridgehead atoms. The van der Waals surface area contributed by atoms with Crippen LogP contribution in [0.2, 0.25) is 6.04 Å². The van der Waals surface area contributed by atoms with Crippen LogP contribution >= 0.6 is 0 Å². The lowest BCUT2D eigenvalue weighted by molar-refractivity contribution is -0.148. The number of carboxylic acids is 2. The Balaban J connectivity index is 4.00. The van der Waals surface area contributed by atoms with Gasteiger partial charge in [-0.3, -0.25) is 9.59 Å². The van der Waals surface area contributed by atoms with E-state index < -0.39 is 33.1 Å². The van der Waals surface area contributed by atoms with Crippen LogP contribution in [0.3, 0.4) is 0 Å². The van der Waals surface area contributed by atoms with Crippen molar-refractivity contribution in [1.29, 1.82) is 0 Å². The molecule has 1 unspecified atom stereocenters. The van der Waals surface area contributed by atoms with Gasteiger partial charge in [0.1, 0.15) is 0 Å². The first-order valence-corrected chi connectivity index (χ1v) is 8.14. The van der Waals surface area contributed by atoms with Crippen molar-refractivity contribution in [2.45, 2.75) is 18.9 Å². The molecule has 20 heavy (non-hydrogen) atoms. The fraction of sp³-hybridized carbons (Fsp3) is 0.818. The van der Waals surface area contributed by atoms with E-state index in [2.05, 4.69) is 5.32 Å². The van der Waals surface area contributed by atoms with E-state index in [-0.39, 0.29) is 6.54 Å². The highest BCUT2D eigenvalue weighted by molar-refractivity contribution is 6.60. The Labute approximate surface area is 119 Å². The van der Waals surface area contributed by atoms with Gasteiger partial charge >= 0.3 is 20.7 Å². The summed E-state index contributed by atoms with van der Waals surface area (Å²) in [5.74, 6) is -3.17. The van der Waals surface area contributed by atoms with Crippen molar-refractivity contribution in [2.24, 2.45) is 5.92 Å². The maximum atomic E-state index is 10.8. The molecular formula is C11H23NO7Si. The van der Waals surface area contributed by atoms with Crippen molar-refractivity contribution >= 4 is 20.7 Å². The Bertz CT molecular complexity index is 301. The molecule has 0 aromatic rings. The van der Waals surface area contributed by atoms with Crippen LogP contribution in [0.5, 0.6) is 0 Å². The zero-order valence-electron chi connectivity index (χ0n) is 12.0. The molecule has 1 atom stereocenters. The van der Waals surface area contributed by atoms with Crippen LogP contribution in [0.1, 0.15) is 12.8 Å². The van der Waals surface area contributed by atoms with Crippen LogP contribution in [0.4, 0.5) is 0 Å². The summed E-state index contributed by atoms with van der Waals surface area (Å²) in [6.45, 7) is 0.650. The molecule has 0 saturated heterocycles. The highest BCUT2D eigenvalue weighted by Crippen LogP contribution is 2.14. The Hall–Kier alpha value is -1.00. The van der Waals surface area contributed by atoms with Crippen LogP contribution in [0.25, 0.3) is 0 Å². The molecule has 0 aromatic carbocycles. The highest BCUT2D eigenvalue weighted by atomic mass is 28.4. The van der Waals surface area contributed by atoms with Gasteiger partial charge in [0.2, 0.25) is 0 Å². The summed E-state index contributed by atoms with van der Waals surface area (Å²) in [6, 6.07) is 0.597. The number of carboxylic acid groups (broad SMARTS) is 2. The molecule has 0 aromatic heterocycles. The quantitative estimate of drug-likeness (QED) is 0.341. The molecule has 0 amide bonds. The molecule has 0 aliphatic carbocycles. The normalized spacial score (nSPS) is 13.2. The number of aliphatic carboxylic acids is 2. The minimum Gasteiger partial charge on any atom is -0.481 e. The number of hydrogen-bond donors (Lipinski definition) is 3. The van der Waals surface area contributed by atoms with Crippen molar-refractivity contribution in [1.82, 2.24) is 5.32 Å². The van der Waals surface area contributed by atoms with Crippen molar-refractivity contribution in [3.8, 4) is 0 Å². The van der Waals surface area contributed by atoms with E-state index in [1.807, 2.05) is 0 Å². The maximum Gasteiger partial charge on any atom is 0.500 e. The molecular weight excluding hydrogens is 286 g/mol. The van der Waals surface area contributed by atoms with E-state index in [0.717, 1.165) is 0 Å². The van der Waals surface area contributed by atoms with Gasteiger partial charge in [0.15, 0.2) is 0 Å². The van der Waals surface area contributed by atoms with Crippen molar-refractivity contribution < 1.29 is 33.1 Å². The largest absolute Gasteiger partial charge is 0.500 e. The second kappa shape index (κ2) is 9.83. The molecule has 0 radical (unpaired) electrons. The lowest BCUT2D eigenvalue weighted by atomic mass is 10.1. The predicted molar refractivity (Wildman–Crippen MR) is 72.5 cm³/mol. The van der Waals surface area contributed by atoms with Crippen molar-refractivity contribution in [3.05, 3.63) is 0 Å². The smallest absolute Gasteiger partial charge is 0.481 e. The first-order chi connectivity index (χ1) is 9.40. The van der Waals surface area contributed by atoms with Crippen LogP contribution in [0, 0.1) is 5.92 Å². The molecule has 8 nitrogen and oxygen atoms in total. The minimum atomic E-state index is -2.59. The SMILES string of the molecule is CO[Si](CCCNCC(CC(=O)O)C(=O)O)(OC)OC. The third-order valence-electron chi connectivity index (χ3n) is 2.93. The zero-order chi connectivity index (χ0) is 15.6. The monoisotopic (exact) mass is 309 g/mol. The summed E-state index contributed by atoms with van der Waals surface area (Å²) in [5.41, 5.74) is 0. The Morgan fingerprint density at radius 3 is 2.10 bits per heavy atom. The first-order valence-electron chi connectivity index (χ1n) is 6.21. The Kier molecular flexibility index (Phi) is 9.34. The van der Waals surface area contributed by atoms with Gasteiger partial charge in [-0.1, -0.05) is 0 Å². The molecule has 0 saturated carbocycles. The van der Waals surface area contributed by atoms with Gasteiger partial charge in [-0.15, -0.1) is 0 Å². The van der Waals surface area contributed by atoms with Crippen LogP contribution < -0.4 is 5.32 Å². The molecule has 3 N–H and O–H groups in total. The van der Waals surface area contributed by atoms with Crippen LogP contribution in [-0.4, -0.2) is 65.4 Å². The average molecular weight is 309 g/mol. The van der Waals surface area contributed by atoms with E-state index in [9.17, 15) is 9.59 Å². The van der Waals surface area contributed by atoms with Crippen molar-refractivity contribution in [3.63, 3.8) is 0 Å². The summed E-state index contributed by atoms with van der Waals surface area (Å²) in [5, 5.41) is 20.4. The van der Waals surface area contributed by atoms with Gasteiger partial charge in [-0.05, 0) is 13.0 Å². The van der Waals surface area contributed by atoms with Gasteiger partial charge in [-0.2, -0.15) is 0 Å². The molecule has 0 aliphatic heterocycles.